The molecule has 0 atom stereocenters. The average Bonchev–Trinajstić information content (AvgIpc) is 1.65. The van der Waals surface area contributed by atoms with E-state index in [1.807, 2.05) is 0 Å². The summed E-state index contributed by atoms with van der Waals surface area (Å²) in [4.78, 5) is 0. The van der Waals surface area contributed by atoms with Gasteiger partial charge in [-0.3, -0.25) is 0 Å². The second-order valence-corrected chi connectivity index (χ2v) is 27.0. The first-order valence-electron chi connectivity index (χ1n) is 35.8. The van der Waals surface area contributed by atoms with Crippen molar-refractivity contribution in [1.29, 1.82) is 0 Å². The summed E-state index contributed by atoms with van der Waals surface area (Å²) in [7, 11) is -0.476. The van der Waals surface area contributed by atoms with Gasteiger partial charge in [-0.1, -0.05) is 306 Å². The largest absolute Gasteiger partial charge is 0.494 e. The summed E-state index contributed by atoms with van der Waals surface area (Å²) in [6, 6.07) is 34.0. The molecular formula is C79H116B2O4. The van der Waals surface area contributed by atoms with E-state index in [1.54, 1.807) is 22.3 Å². The molecule has 2 aliphatic carbocycles. The molecule has 9 rings (SSSR count). The fourth-order valence-electron chi connectivity index (χ4n) is 15.2. The van der Waals surface area contributed by atoms with Crippen LogP contribution in [0.3, 0.4) is 0 Å². The van der Waals surface area contributed by atoms with Crippen LogP contribution in [0.5, 0.6) is 0 Å². The number of hydrogen-bond acceptors (Lipinski definition) is 4. The Morgan fingerprint density at radius 2 is 0.718 bits per heavy atom. The zero-order chi connectivity index (χ0) is 59.7. The van der Waals surface area contributed by atoms with Crippen LogP contribution < -0.4 is 10.9 Å². The molecule has 0 spiro atoms. The van der Waals surface area contributed by atoms with Gasteiger partial charge in [-0.2, -0.15) is 0 Å². The zero-order valence-electron chi connectivity index (χ0n) is 55.4. The lowest BCUT2D eigenvalue weighted by Gasteiger charge is -2.33. The predicted molar refractivity (Wildman–Crippen MR) is 369 cm³/mol. The molecule has 4 nitrogen and oxygen atoms in total. The van der Waals surface area contributed by atoms with E-state index in [1.165, 1.54) is 274 Å². The molecule has 85 heavy (non-hydrogen) atoms. The normalized spacial score (nSPS) is 15.3. The monoisotopic (exact) mass is 1150 g/mol. The van der Waals surface area contributed by atoms with E-state index in [0.29, 0.717) is 26.4 Å². The van der Waals surface area contributed by atoms with E-state index >= 15 is 0 Å². The van der Waals surface area contributed by atoms with Crippen molar-refractivity contribution >= 4 is 25.2 Å². The Hall–Kier alpha value is -3.93. The summed E-state index contributed by atoms with van der Waals surface area (Å²) in [5.41, 5.74) is 23.3. The molecule has 5 aromatic rings. The van der Waals surface area contributed by atoms with Crippen molar-refractivity contribution in [2.24, 2.45) is 0 Å². The van der Waals surface area contributed by atoms with Crippen molar-refractivity contribution in [2.75, 3.05) is 26.4 Å². The highest BCUT2D eigenvalue weighted by Crippen LogP contribution is 2.56. The Morgan fingerprint density at radius 3 is 1.19 bits per heavy atom. The molecule has 0 unspecified atom stereocenters. The number of unbranched alkanes of at least 4 members (excludes halogenated alkanes) is 25. The van der Waals surface area contributed by atoms with E-state index in [9.17, 15) is 0 Å². The third-order valence-corrected chi connectivity index (χ3v) is 20.3. The van der Waals surface area contributed by atoms with Gasteiger partial charge in [0.1, 0.15) is 0 Å². The lowest BCUT2D eigenvalue weighted by atomic mass is 9.70. The van der Waals surface area contributed by atoms with E-state index in [2.05, 4.69) is 140 Å². The molecule has 2 fully saturated rings. The van der Waals surface area contributed by atoms with Crippen molar-refractivity contribution < 1.29 is 18.6 Å². The molecule has 0 amide bonds. The smallest absolute Gasteiger partial charge is 0.405 e. The molecule has 6 heteroatoms. The lowest BCUT2D eigenvalue weighted by Crippen LogP contribution is -2.34. The van der Waals surface area contributed by atoms with E-state index in [-0.39, 0.29) is 25.1 Å². The summed E-state index contributed by atoms with van der Waals surface area (Å²) in [5, 5.41) is 0. The molecule has 0 radical (unpaired) electrons. The highest BCUT2D eigenvalue weighted by molar-refractivity contribution is 6.62. The average molecular weight is 1150 g/mol. The summed E-state index contributed by atoms with van der Waals surface area (Å²) in [6.45, 7) is 21.4. The molecule has 0 saturated carbocycles. The summed E-state index contributed by atoms with van der Waals surface area (Å²) in [5.74, 6) is 0. The second kappa shape index (κ2) is 35.3. The van der Waals surface area contributed by atoms with E-state index in [0.717, 1.165) is 17.3 Å². The van der Waals surface area contributed by atoms with Crippen molar-refractivity contribution in [3.8, 4) is 33.4 Å². The Balaban J connectivity index is 0.000000248. The molecule has 0 aromatic heterocycles. The third-order valence-electron chi connectivity index (χ3n) is 20.3. The molecule has 462 valence electrons. The van der Waals surface area contributed by atoms with Crippen molar-refractivity contribution in [2.45, 2.75) is 291 Å². The van der Waals surface area contributed by atoms with Gasteiger partial charge in [0.05, 0.1) is 26.4 Å². The quantitative estimate of drug-likeness (QED) is 0.0292. The fourth-order valence-corrected chi connectivity index (χ4v) is 15.2. The topological polar surface area (TPSA) is 36.9 Å². The minimum atomic E-state index is -0.238. The van der Waals surface area contributed by atoms with Crippen LogP contribution in [0, 0.1) is 13.8 Å². The first kappa shape index (κ1) is 67.0. The van der Waals surface area contributed by atoms with Crippen LogP contribution >= 0.6 is 0 Å². The maximum atomic E-state index is 5.81. The van der Waals surface area contributed by atoms with Crippen LogP contribution in [0.15, 0.2) is 84.9 Å². The molecule has 2 heterocycles. The van der Waals surface area contributed by atoms with Gasteiger partial charge >= 0.3 is 14.2 Å². The Kier molecular flexibility index (Phi) is 27.8. The van der Waals surface area contributed by atoms with Crippen molar-refractivity contribution in [3.05, 3.63) is 129 Å². The van der Waals surface area contributed by atoms with Crippen molar-refractivity contribution in [1.82, 2.24) is 0 Å². The summed E-state index contributed by atoms with van der Waals surface area (Å²) >= 11 is 0. The molecule has 2 aliphatic heterocycles. The third kappa shape index (κ3) is 17.9. The first-order chi connectivity index (χ1) is 41.7. The van der Waals surface area contributed by atoms with Crippen LogP contribution in [0.4, 0.5) is 0 Å². The van der Waals surface area contributed by atoms with Gasteiger partial charge in [0, 0.05) is 10.8 Å². The molecule has 2 saturated heterocycles. The molecule has 0 N–H and O–H groups in total. The number of aryl methyl sites for hydroxylation is 4. The highest BCUT2D eigenvalue weighted by Gasteiger charge is 2.44. The standard InChI is InChI=1S/C53H82.C26H34B2O4/c1-7-11-15-19-23-27-31-45-41-50(46(40-44(45)6)32-28-24-20-16-12-8-2)47-34-36-49-48-35-33-43(5)39-51(48)53(52(49)42-47,37-29-25-21-17-13-9-3)38-30-26-22-18-14-10-4;1-3-4-5-6-7-8-13-26(2)24-18-20(27-29-14-15-30-27)9-11-22(24)23-12-10-21(19-25(23)26)28-31-16-17-32-28/h33-36,39-42H,7-32,37-38H2,1-6H3;9-12,18-19H,3-8,13-17H2,1-2H3. The van der Waals surface area contributed by atoms with E-state index in [4.69, 9.17) is 18.6 Å². The second-order valence-electron chi connectivity index (χ2n) is 27.0. The van der Waals surface area contributed by atoms with Crippen LogP contribution in [-0.2, 0) is 42.3 Å². The number of benzene rings is 5. The number of hydrogen-bond donors (Lipinski definition) is 0. The van der Waals surface area contributed by atoms with Crippen LogP contribution in [0.25, 0.3) is 33.4 Å². The van der Waals surface area contributed by atoms with Gasteiger partial charge in [-0.25, -0.2) is 0 Å². The van der Waals surface area contributed by atoms with E-state index < -0.39 is 0 Å². The van der Waals surface area contributed by atoms with Crippen LogP contribution in [0.1, 0.15) is 298 Å². The maximum Gasteiger partial charge on any atom is 0.494 e. The van der Waals surface area contributed by atoms with Gasteiger partial charge in [-0.05, 0) is 148 Å². The maximum absolute atomic E-state index is 5.81. The Labute approximate surface area is 521 Å². The zero-order valence-corrected chi connectivity index (χ0v) is 55.4. The first-order valence-corrected chi connectivity index (χ1v) is 35.8. The molecular weight excluding hydrogens is 1030 g/mol. The van der Waals surface area contributed by atoms with Crippen LogP contribution in [0.2, 0.25) is 0 Å². The van der Waals surface area contributed by atoms with Gasteiger partial charge < -0.3 is 18.6 Å². The predicted octanol–water partition coefficient (Wildman–Crippen LogP) is 21.8. The SMILES string of the molecule is CCCCCCCCC1(C)c2cc(B3OCCO3)ccc2-c2ccc(B3OCCO3)cc21.CCCCCCCCc1cc(-c2ccc3c(c2)C(CCCCCCCC)(CCCCCCCC)c2cc(C)ccc2-3)c(CCCCCCCC)cc1C. The Morgan fingerprint density at radius 1 is 0.341 bits per heavy atom. The van der Waals surface area contributed by atoms with Gasteiger partial charge in [0.2, 0.25) is 0 Å². The Bertz CT molecular complexity index is 2680. The molecule has 0 bridgehead atoms. The van der Waals surface area contributed by atoms with Gasteiger partial charge in [0.25, 0.3) is 0 Å². The lowest BCUT2D eigenvalue weighted by molar-refractivity contribution is 0.365. The van der Waals surface area contributed by atoms with Crippen molar-refractivity contribution in [3.63, 3.8) is 0 Å². The fraction of sp³-hybridized carbons (Fsp3) is 0.620. The molecule has 5 aromatic carbocycles. The van der Waals surface area contributed by atoms with Crippen LogP contribution in [-0.4, -0.2) is 40.7 Å². The summed E-state index contributed by atoms with van der Waals surface area (Å²) in [6.07, 6.45) is 46.8. The van der Waals surface area contributed by atoms with Gasteiger partial charge in [0.15, 0.2) is 0 Å². The number of rotatable bonds is 38. The van der Waals surface area contributed by atoms with Gasteiger partial charge in [-0.15, -0.1) is 0 Å². The molecule has 4 aliphatic rings. The minimum absolute atomic E-state index is 0.0291. The number of fused-ring (bicyclic) bond motifs is 6. The minimum Gasteiger partial charge on any atom is -0.405 e. The highest BCUT2D eigenvalue weighted by atomic mass is 16.6. The summed E-state index contributed by atoms with van der Waals surface area (Å²) < 4.78 is 23.2.